The first-order valence-electron chi connectivity index (χ1n) is 6.72. The number of aliphatic hydroxyl groups excluding tert-OH is 1. The van der Waals surface area contributed by atoms with Gasteiger partial charge in [-0.3, -0.25) is 4.68 Å². The molecule has 1 aromatic heterocycles. The second-order valence-corrected chi connectivity index (χ2v) is 6.23. The van der Waals surface area contributed by atoms with Crippen molar-refractivity contribution in [3.8, 4) is 0 Å². The van der Waals surface area contributed by atoms with Crippen LogP contribution >= 0.6 is 0 Å². The largest absolute Gasteiger partial charge is 0.396 e. The fourth-order valence-electron chi connectivity index (χ4n) is 1.96. The zero-order chi connectivity index (χ0) is 13.8. The number of hydrogen-bond donors (Lipinski definition) is 2. The molecule has 0 aliphatic carbocycles. The van der Waals surface area contributed by atoms with E-state index >= 15 is 0 Å². The third-order valence-corrected chi connectivity index (χ3v) is 3.20. The van der Waals surface area contributed by atoms with Crippen molar-refractivity contribution in [1.29, 1.82) is 0 Å². The van der Waals surface area contributed by atoms with Crippen LogP contribution in [0.25, 0.3) is 0 Å². The summed E-state index contributed by atoms with van der Waals surface area (Å²) in [4.78, 5) is 0. The number of nitrogens with zero attached hydrogens (tertiary/aromatic N) is 2. The molecule has 4 nitrogen and oxygen atoms in total. The van der Waals surface area contributed by atoms with Gasteiger partial charge in [-0.15, -0.1) is 0 Å². The maximum Gasteiger partial charge on any atom is 0.0534 e. The lowest BCUT2D eigenvalue weighted by Gasteiger charge is -2.31. The minimum Gasteiger partial charge on any atom is -0.396 e. The first-order chi connectivity index (χ1) is 8.34. The number of aromatic nitrogens is 2. The Hall–Kier alpha value is -0.870. The van der Waals surface area contributed by atoms with Crippen LogP contribution in [0.4, 0.5) is 0 Å². The summed E-state index contributed by atoms with van der Waals surface area (Å²) in [6, 6.07) is 0.708. The summed E-state index contributed by atoms with van der Waals surface area (Å²) in [5, 5.41) is 17.0. The van der Waals surface area contributed by atoms with Gasteiger partial charge in [-0.1, -0.05) is 20.8 Å². The lowest BCUT2D eigenvalue weighted by Crippen LogP contribution is -2.40. The zero-order valence-electron chi connectivity index (χ0n) is 12.3. The smallest absolute Gasteiger partial charge is 0.0534 e. The molecule has 0 amide bonds. The fourth-order valence-corrected chi connectivity index (χ4v) is 1.96. The Bertz CT molecular complexity index is 352. The van der Waals surface area contributed by atoms with Crippen LogP contribution in [0, 0.1) is 5.41 Å². The van der Waals surface area contributed by atoms with Gasteiger partial charge in [-0.2, -0.15) is 5.10 Å². The molecule has 18 heavy (non-hydrogen) atoms. The molecule has 1 heterocycles. The molecule has 0 bridgehead atoms. The van der Waals surface area contributed by atoms with Gasteiger partial charge in [0.25, 0.3) is 0 Å². The van der Waals surface area contributed by atoms with E-state index < -0.39 is 0 Å². The van der Waals surface area contributed by atoms with E-state index in [1.165, 1.54) is 5.56 Å². The molecule has 0 aliphatic rings. The molecule has 0 fully saturated rings. The minimum atomic E-state index is 0.150. The van der Waals surface area contributed by atoms with E-state index in [2.05, 4.69) is 51.2 Å². The second-order valence-electron chi connectivity index (χ2n) is 6.23. The van der Waals surface area contributed by atoms with Crippen LogP contribution in [0.15, 0.2) is 12.4 Å². The van der Waals surface area contributed by atoms with Gasteiger partial charge >= 0.3 is 0 Å². The Morgan fingerprint density at radius 1 is 1.39 bits per heavy atom. The molecular weight excluding hydrogens is 226 g/mol. The van der Waals surface area contributed by atoms with Crippen LogP contribution < -0.4 is 5.32 Å². The monoisotopic (exact) mass is 253 g/mol. The molecule has 0 aliphatic heterocycles. The number of nitrogens with one attached hydrogen (secondary N) is 1. The SMILES string of the molecule is CC(C)n1cc(CNC(CCO)C(C)(C)C)cn1. The van der Waals surface area contributed by atoms with Gasteiger partial charge in [0.1, 0.15) is 0 Å². The molecule has 1 rings (SSSR count). The van der Waals surface area contributed by atoms with Crippen LogP contribution in [-0.2, 0) is 6.54 Å². The lowest BCUT2D eigenvalue weighted by atomic mass is 9.85. The van der Waals surface area contributed by atoms with Crippen molar-refractivity contribution in [2.75, 3.05) is 6.61 Å². The zero-order valence-corrected chi connectivity index (χ0v) is 12.3. The Balaban J connectivity index is 2.56. The fraction of sp³-hybridized carbons (Fsp3) is 0.786. The Labute approximate surface area is 110 Å². The van der Waals surface area contributed by atoms with Gasteiger partial charge in [-0.05, 0) is 25.7 Å². The van der Waals surface area contributed by atoms with E-state index in [-0.39, 0.29) is 12.0 Å². The van der Waals surface area contributed by atoms with E-state index in [4.69, 9.17) is 5.11 Å². The standard InChI is InChI=1S/C14H27N3O/c1-11(2)17-10-12(9-16-17)8-15-13(6-7-18)14(3,4)5/h9-11,13,15,18H,6-8H2,1-5H3. The molecule has 1 unspecified atom stereocenters. The molecule has 104 valence electrons. The third-order valence-electron chi connectivity index (χ3n) is 3.20. The number of rotatable bonds is 6. The van der Waals surface area contributed by atoms with E-state index in [0.717, 1.165) is 13.0 Å². The highest BCUT2D eigenvalue weighted by molar-refractivity contribution is 5.04. The highest BCUT2D eigenvalue weighted by Gasteiger charge is 2.23. The molecule has 0 saturated heterocycles. The maximum atomic E-state index is 9.12. The van der Waals surface area contributed by atoms with Crippen molar-refractivity contribution in [2.24, 2.45) is 5.41 Å². The van der Waals surface area contributed by atoms with Gasteiger partial charge in [0.15, 0.2) is 0 Å². The summed E-state index contributed by atoms with van der Waals surface area (Å²) >= 11 is 0. The van der Waals surface area contributed by atoms with Crippen molar-refractivity contribution in [2.45, 2.75) is 59.7 Å². The van der Waals surface area contributed by atoms with Gasteiger partial charge < -0.3 is 10.4 Å². The average Bonchev–Trinajstić information content (AvgIpc) is 2.71. The predicted molar refractivity (Wildman–Crippen MR) is 74.4 cm³/mol. The first kappa shape index (κ1) is 15.2. The second kappa shape index (κ2) is 6.34. The Kier molecular flexibility index (Phi) is 5.35. The summed E-state index contributed by atoms with van der Waals surface area (Å²) in [7, 11) is 0. The van der Waals surface area contributed by atoms with E-state index in [9.17, 15) is 0 Å². The summed E-state index contributed by atoms with van der Waals surface area (Å²) in [6.07, 6.45) is 4.77. The number of aliphatic hydroxyl groups is 1. The van der Waals surface area contributed by atoms with Crippen LogP contribution in [0.5, 0.6) is 0 Å². The molecule has 1 atom stereocenters. The molecule has 4 heteroatoms. The highest BCUT2D eigenvalue weighted by atomic mass is 16.3. The van der Waals surface area contributed by atoms with Crippen molar-refractivity contribution >= 4 is 0 Å². The van der Waals surface area contributed by atoms with E-state index in [1.54, 1.807) is 0 Å². The van der Waals surface area contributed by atoms with Crippen molar-refractivity contribution in [3.63, 3.8) is 0 Å². The quantitative estimate of drug-likeness (QED) is 0.818. The summed E-state index contributed by atoms with van der Waals surface area (Å²) < 4.78 is 1.97. The topological polar surface area (TPSA) is 50.1 Å². The molecular formula is C14H27N3O. The predicted octanol–water partition coefficient (Wildman–Crippen LogP) is 2.35. The normalized spacial score (nSPS) is 14.2. The van der Waals surface area contributed by atoms with Crippen molar-refractivity contribution in [3.05, 3.63) is 18.0 Å². The minimum absolute atomic E-state index is 0.150. The van der Waals surface area contributed by atoms with Crippen LogP contribution in [0.2, 0.25) is 0 Å². The van der Waals surface area contributed by atoms with E-state index in [0.29, 0.717) is 12.1 Å². The van der Waals surface area contributed by atoms with Crippen molar-refractivity contribution < 1.29 is 5.11 Å². The molecule has 2 N–H and O–H groups in total. The molecule has 0 aromatic carbocycles. The van der Waals surface area contributed by atoms with Crippen molar-refractivity contribution in [1.82, 2.24) is 15.1 Å². The highest BCUT2D eigenvalue weighted by Crippen LogP contribution is 2.22. The van der Waals surface area contributed by atoms with Crippen LogP contribution in [0.1, 0.15) is 52.6 Å². The molecule has 0 radical (unpaired) electrons. The van der Waals surface area contributed by atoms with Gasteiger partial charge in [0.2, 0.25) is 0 Å². The lowest BCUT2D eigenvalue weighted by molar-refractivity contribution is 0.196. The maximum absolute atomic E-state index is 9.12. The summed E-state index contributed by atoms with van der Waals surface area (Å²) in [5.74, 6) is 0. The van der Waals surface area contributed by atoms with Gasteiger partial charge in [0.05, 0.1) is 6.20 Å². The first-order valence-corrected chi connectivity index (χ1v) is 6.72. The molecule has 0 spiro atoms. The Morgan fingerprint density at radius 2 is 2.06 bits per heavy atom. The van der Waals surface area contributed by atoms with Gasteiger partial charge in [0, 0.05) is 37.0 Å². The Morgan fingerprint density at radius 3 is 2.50 bits per heavy atom. The number of hydrogen-bond acceptors (Lipinski definition) is 3. The average molecular weight is 253 g/mol. The third kappa shape index (κ3) is 4.42. The van der Waals surface area contributed by atoms with Crippen LogP contribution in [-0.4, -0.2) is 27.5 Å². The van der Waals surface area contributed by atoms with E-state index in [1.807, 2.05) is 10.9 Å². The van der Waals surface area contributed by atoms with Gasteiger partial charge in [-0.25, -0.2) is 0 Å². The summed E-state index contributed by atoms with van der Waals surface area (Å²) in [5.41, 5.74) is 1.34. The molecule has 1 aromatic rings. The summed E-state index contributed by atoms with van der Waals surface area (Å²) in [6.45, 7) is 11.8. The molecule has 0 saturated carbocycles. The van der Waals surface area contributed by atoms with Crippen LogP contribution in [0.3, 0.4) is 0 Å².